The Morgan fingerprint density at radius 3 is 1.67 bits per heavy atom. The summed E-state index contributed by atoms with van der Waals surface area (Å²) in [5, 5.41) is 201. The topological polar surface area (TPSA) is 492 Å². The molecule has 6 saturated heterocycles. The number of fused-ring (bicyclic) bond motifs is 7. The minimum atomic E-state index is -2.04. The Labute approximate surface area is 550 Å². The Kier molecular flexibility index (Phi) is 21.4. The zero-order chi connectivity index (χ0) is 69.5. The van der Waals surface area contributed by atoms with Crippen molar-refractivity contribution in [3.8, 4) is 0 Å². The number of carbonyl (C=O) groups excluding carboxylic acids is 1. The van der Waals surface area contributed by atoms with Gasteiger partial charge in [-0.25, -0.2) is 0 Å². The molecular weight excluding hydrogens is 1260 g/mol. The lowest BCUT2D eigenvalue weighted by Crippen LogP contribution is -2.70. The first kappa shape index (κ1) is 74.2. The molecule has 11 rings (SSSR count). The van der Waals surface area contributed by atoms with Crippen molar-refractivity contribution in [3.63, 3.8) is 0 Å². The van der Waals surface area contributed by atoms with Gasteiger partial charge in [0.15, 0.2) is 37.6 Å². The fraction of sp³-hybridized carbons (Fsp3) is 0.953. The summed E-state index contributed by atoms with van der Waals surface area (Å²) in [4.78, 5) is 15.5. The third kappa shape index (κ3) is 12.4. The number of ether oxygens (including phenoxy) is 12. The third-order valence-corrected chi connectivity index (χ3v) is 24.9. The van der Waals surface area contributed by atoms with E-state index in [-0.39, 0.29) is 36.5 Å². The monoisotopic (exact) mass is 1370 g/mol. The molecule has 18 N–H and O–H groups in total. The molecule has 6 aliphatic heterocycles. The molecule has 39 atom stereocenters. The van der Waals surface area contributed by atoms with E-state index in [1.165, 1.54) is 20.8 Å². The SMILES string of the molecule is C[C@@H]1O[C@@H](O[C@@H]2[C@@H](O)[C@H](O[C@@H]3[C@@H](O)[C@@H](O)[C@H](O[C@H]4[C@H](OC(=O)[C@]56CCC(C)(C)C[C@H]5C5=CC[C@@H]7[C@@]8(C)C[C@H](O)[C@H](O[C@@H]9O[C@H](CO)[C@@H](O)[C@H](O)[C@H]9O)[C@@](C)(CO)[C@@H]8CC[C@@]7(C)[C@]5(C)C[C@H]6O)OC[C@@H](O)[C@@H]4O)O[C@H]3C)OC[C@H]2O)[C@H](O[C@@H]2O[C@H](C)[C@H](O)[C@H](O)[C@H]2O)[C@H](O)[C@H]1O. The van der Waals surface area contributed by atoms with Gasteiger partial charge in [-0.3, -0.25) is 4.79 Å². The first-order valence-corrected chi connectivity index (χ1v) is 33.6. The van der Waals surface area contributed by atoms with Gasteiger partial charge in [0.2, 0.25) is 6.29 Å². The molecule has 0 amide bonds. The Morgan fingerprint density at radius 2 is 1.03 bits per heavy atom. The molecule has 95 heavy (non-hydrogen) atoms. The van der Waals surface area contributed by atoms with Crippen molar-refractivity contribution in [1.29, 1.82) is 0 Å². The Morgan fingerprint density at radius 1 is 0.495 bits per heavy atom. The molecule has 6 heterocycles. The molecule has 546 valence electrons. The average Bonchev–Trinajstić information content (AvgIpc) is 0.670. The zero-order valence-electron chi connectivity index (χ0n) is 55.0. The van der Waals surface area contributed by atoms with E-state index in [4.69, 9.17) is 56.8 Å². The number of esters is 1. The van der Waals surface area contributed by atoms with E-state index in [1.807, 2.05) is 6.92 Å². The van der Waals surface area contributed by atoms with Gasteiger partial charge in [0, 0.05) is 5.41 Å². The van der Waals surface area contributed by atoms with Crippen molar-refractivity contribution >= 4 is 5.97 Å². The maximum absolute atomic E-state index is 15.5. The van der Waals surface area contributed by atoms with Gasteiger partial charge in [-0.1, -0.05) is 53.2 Å². The summed E-state index contributed by atoms with van der Waals surface area (Å²) >= 11 is 0. The lowest BCUT2D eigenvalue weighted by atomic mass is 9.33. The molecule has 0 aromatic heterocycles. The number of allylic oxidation sites excluding steroid dienone is 2. The van der Waals surface area contributed by atoms with Crippen molar-refractivity contribution in [1.82, 2.24) is 0 Å². The van der Waals surface area contributed by atoms with Crippen molar-refractivity contribution in [2.45, 2.75) is 304 Å². The van der Waals surface area contributed by atoms with Gasteiger partial charge in [0.1, 0.15) is 115 Å². The molecule has 0 radical (unpaired) electrons. The Balaban J connectivity index is 0.782. The van der Waals surface area contributed by atoms with E-state index < -0.39 is 256 Å². The van der Waals surface area contributed by atoms with Gasteiger partial charge in [0.25, 0.3) is 0 Å². The molecule has 10 fully saturated rings. The van der Waals surface area contributed by atoms with Crippen LogP contribution in [0, 0.1) is 50.2 Å². The van der Waals surface area contributed by atoms with Crippen LogP contribution in [0.4, 0.5) is 0 Å². The maximum atomic E-state index is 15.5. The lowest BCUT2D eigenvalue weighted by Gasteiger charge is -2.72. The molecule has 0 spiro atoms. The van der Waals surface area contributed by atoms with Gasteiger partial charge in [0.05, 0.1) is 63.1 Å². The van der Waals surface area contributed by atoms with Crippen LogP contribution in [0.2, 0.25) is 0 Å². The van der Waals surface area contributed by atoms with E-state index in [2.05, 4.69) is 40.7 Å². The van der Waals surface area contributed by atoms with Crippen molar-refractivity contribution in [3.05, 3.63) is 11.6 Å². The van der Waals surface area contributed by atoms with Crippen LogP contribution >= 0.6 is 0 Å². The summed E-state index contributed by atoms with van der Waals surface area (Å²) in [6.45, 7) is 14.4. The van der Waals surface area contributed by atoms with Gasteiger partial charge in [-0.05, 0) is 112 Å². The first-order chi connectivity index (χ1) is 44.4. The van der Waals surface area contributed by atoms with E-state index in [1.54, 1.807) is 0 Å². The predicted octanol–water partition coefficient (Wildman–Crippen LogP) is -5.11. The highest BCUT2D eigenvalue weighted by atomic mass is 16.8. The van der Waals surface area contributed by atoms with E-state index in [0.29, 0.717) is 32.1 Å². The standard InChI is InChI=1S/C64H104O31/c1-23-35(71)39(75)43(79)53(86-23)93-50-41(77)36(72)24(2)87-57(50)91-48-30(69)21-84-52(46(48)82)90-47-25(3)88-54(45(81)42(47)78)92-49-37(73)29(68)20-85-56(49)95-58(83)64-15-14-59(4,5)16-27(64)26-10-11-33-60(6)17-28(67)51(94-55-44(80)40(76)38(74)31(19-65)89-55)61(7,22-66)32(60)12-13-62(33,8)63(26,9)18-34(64)70/h10,23-25,27-57,65-82H,11-22H2,1-9H3/t23-,24+,25+,27+,28+,29-,30-,31-,32-,33-,34-,35+,36+,37+,38-,39+,40+,41-,42+,43-,44-,45-,46-,47+,48+,49-,50-,51+,52+,53+,54+,55+,56+,57+,60+,61+,62-,63-,64-/m1/s1. The number of carbonyl (C=O) groups is 1. The smallest absolute Gasteiger partial charge is 0.317 e. The molecule has 31 heteroatoms. The van der Waals surface area contributed by atoms with Crippen LogP contribution in [0.15, 0.2) is 11.6 Å². The van der Waals surface area contributed by atoms with Crippen LogP contribution in [0.25, 0.3) is 0 Å². The van der Waals surface area contributed by atoms with Crippen LogP contribution in [-0.4, -0.2) is 315 Å². The Bertz CT molecular complexity index is 2700. The Hall–Kier alpha value is -1.95. The number of hydrogen-bond donors (Lipinski definition) is 18. The van der Waals surface area contributed by atoms with E-state index in [0.717, 1.165) is 5.57 Å². The first-order valence-electron chi connectivity index (χ1n) is 33.6. The van der Waals surface area contributed by atoms with Crippen molar-refractivity contribution in [2.24, 2.45) is 50.2 Å². The second-order valence-corrected chi connectivity index (χ2v) is 31.1. The van der Waals surface area contributed by atoms with Gasteiger partial charge >= 0.3 is 5.97 Å². The fourth-order valence-electron chi connectivity index (χ4n) is 19.0. The van der Waals surface area contributed by atoms with Crippen LogP contribution in [0.3, 0.4) is 0 Å². The largest absolute Gasteiger partial charge is 0.432 e. The average molecular weight is 1370 g/mol. The van der Waals surface area contributed by atoms with Crippen LogP contribution < -0.4 is 0 Å². The normalized spacial score (nSPS) is 56.4. The highest BCUT2D eigenvalue weighted by Gasteiger charge is 2.73. The minimum Gasteiger partial charge on any atom is -0.432 e. The highest BCUT2D eigenvalue weighted by molar-refractivity contribution is 5.80. The van der Waals surface area contributed by atoms with Crippen molar-refractivity contribution in [2.75, 3.05) is 26.4 Å². The van der Waals surface area contributed by atoms with Gasteiger partial charge in [-0.15, -0.1) is 0 Å². The summed E-state index contributed by atoms with van der Waals surface area (Å²) < 4.78 is 71.4. The molecule has 4 saturated carbocycles. The number of rotatable bonds is 14. The molecule has 0 bridgehead atoms. The second kappa shape index (κ2) is 27.3. The summed E-state index contributed by atoms with van der Waals surface area (Å²) in [7, 11) is 0. The molecule has 0 unspecified atom stereocenters. The van der Waals surface area contributed by atoms with Crippen molar-refractivity contribution < 1.29 is 154 Å². The highest BCUT2D eigenvalue weighted by Crippen LogP contribution is 2.76. The van der Waals surface area contributed by atoms with Crippen LogP contribution in [0.5, 0.6) is 0 Å². The zero-order valence-corrected chi connectivity index (χ0v) is 55.0. The molecule has 5 aliphatic carbocycles. The van der Waals surface area contributed by atoms with E-state index in [9.17, 15) is 91.9 Å². The van der Waals surface area contributed by atoms with Crippen LogP contribution in [0.1, 0.15) is 114 Å². The van der Waals surface area contributed by atoms with Gasteiger partial charge < -0.3 is 149 Å². The molecule has 11 aliphatic rings. The number of aliphatic hydroxyl groups is 18. The molecule has 0 aromatic carbocycles. The quantitative estimate of drug-likeness (QED) is 0.0439. The molecule has 31 nitrogen and oxygen atoms in total. The number of aliphatic hydroxyl groups excluding tert-OH is 18. The molecular formula is C64H104O31. The summed E-state index contributed by atoms with van der Waals surface area (Å²) in [5.74, 6) is -1.92. The second-order valence-electron chi connectivity index (χ2n) is 31.1. The predicted molar refractivity (Wildman–Crippen MR) is 316 cm³/mol. The maximum Gasteiger partial charge on any atom is 0.317 e. The minimum absolute atomic E-state index is 0.103. The summed E-state index contributed by atoms with van der Waals surface area (Å²) in [5.41, 5.74) is -4.13. The molecule has 0 aromatic rings. The number of hydrogen-bond acceptors (Lipinski definition) is 31. The third-order valence-electron chi connectivity index (χ3n) is 24.9. The lowest BCUT2D eigenvalue weighted by molar-refractivity contribution is -0.389. The van der Waals surface area contributed by atoms with E-state index >= 15 is 4.79 Å². The fourth-order valence-corrected chi connectivity index (χ4v) is 19.0. The van der Waals surface area contributed by atoms with Crippen LogP contribution in [-0.2, 0) is 61.6 Å². The summed E-state index contributed by atoms with van der Waals surface area (Å²) in [6, 6.07) is 0. The van der Waals surface area contributed by atoms with Gasteiger partial charge in [-0.2, -0.15) is 0 Å². The summed E-state index contributed by atoms with van der Waals surface area (Å²) in [6.07, 6.45) is -45.0.